The van der Waals surface area contributed by atoms with E-state index in [9.17, 15) is 27.6 Å². The van der Waals surface area contributed by atoms with Gasteiger partial charge in [-0.05, 0) is 61.7 Å². The van der Waals surface area contributed by atoms with Gasteiger partial charge in [-0.1, -0.05) is 12.1 Å². The number of benzene rings is 2. The highest BCUT2D eigenvalue weighted by Crippen LogP contribution is 2.44. The van der Waals surface area contributed by atoms with E-state index in [1.165, 1.54) is 26.1 Å². The molecule has 3 rings (SSSR count). The van der Waals surface area contributed by atoms with Gasteiger partial charge in [0.1, 0.15) is 17.5 Å². The molecule has 1 aromatic heterocycles. The van der Waals surface area contributed by atoms with Crippen molar-refractivity contribution in [2.75, 3.05) is 24.3 Å². The molecule has 0 saturated carbocycles. The Balaban J connectivity index is 1.86. The largest absolute Gasteiger partial charge is 0.546 e. The number of carbonyl (C=O) groups excluding carboxylic acids is 1. The molecule has 0 bridgehead atoms. The van der Waals surface area contributed by atoms with Gasteiger partial charge in [0.15, 0.2) is 0 Å². The number of anilines is 4. The first-order chi connectivity index (χ1) is 18.9. The van der Waals surface area contributed by atoms with Crippen LogP contribution in [0.15, 0.2) is 54.7 Å². The van der Waals surface area contributed by atoms with Crippen LogP contribution in [-0.4, -0.2) is 46.8 Å². The molecule has 4 N–H and O–H groups in total. The summed E-state index contributed by atoms with van der Waals surface area (Å²) in [5, 5.41) is 17.5. The number of aliphatic hydroxyl groups excluding tert-OH is 1. The van der Waals surface area contributed by atoms with Crippen molar-refractivity contribution in [3.05, 3.63) is 71.4 Å². The van der Waals surface area contributed by atoms with Gasteiger partial charge in [-0.3, -0.25) is 4.79 Å². The first-order valence-electron chi connectivity index (χ1n) is 12.3. The average molecular weight is 581 g/mol. The fourth-order valence-electron chi connectivity index (χ4n) is 3.40. The monoisotopic (exact) mass is 580 g/mol. The predicted octanol–water partition coefficient (Wildman–Crippen LogP) is 5.91. The maximum absolute atomic E-state index is 13.7. The Morgan fingerprint density at radius 3 is 2.38 bits per heavy atom. The van der Waals surface area contributed by atoms with Crippen molar-refractivity contribution in [2.45, 2.75) is 45.0 Å². The zero-order valence-electron chi connectivity index (χ0n) is 22.2. The molecule has 214 valence electrons. The van der Waals surface area contributed by atoms with Gasteiger partial charge >= 0.3 is 20.0 Å². The number of nitrogens with zero attached hydrogens (tertiary/aromatic N) is 2. The van der Waals surface area contributed by atoms with Crippen LogP contribution in [0, 0.1) is 0 Å². The Labute approximate surface area is 230 Å². The van der Waals surface area contributed by atoms with E-state index in [2.05, 4.69) is 25.9 Å². The first kappa shape index (κ1) is 30.9. The molecule has 14 heteroatoms. The van der Waals surface area contributed by atoms with Crippen LogP contribution in [0.1, 0.15) is 48.1 Å². The van der Waals surface area contributed by atoms with Gasteiger partial charge < -0.3 is 25.8 Å². The van der Waals surface area contributed by atoms with Crippen LogP contribution in [0.3, 0.4) is 0 Å². The quantitative estimate of drug-likeness (QED) is 0.193. The topological polar surface area (TPSA) is 135 Å². The minimum absolute atomic E-state index is 0.129. The van der Waals surface area contributed by atoms with Crippen LogP contribution >= 0.6 is 8.03 Å². The molecule has 10 nitrogen and oxygen atoms in total. The first-order valence-corrected chi connectivity index (χ1v) is 13.5. The third kappa shape index (κ3) is 7.95. The standard InChI is InChI=1S/C26H29F3N5O5P/c1-5-38-24(40(37)39-16(3)15(2)35)17-10-12-18(13-11-17)32-25-31-14-20(26(27,28)29)22(34-25)33-21-9-7-6-8-19(21)23(36)30-4/h6-16,24,35H,5H2,1-4H3,(H2-,30,31,32,33,34,36)/p+1. The number of para-hydroxylation sites is 1. The summed E-state index contributed by atoms with van der Waals surface area (Å²) in [5.41, 5.74) is 0.118. The summed E-state index contributed by atoms with van der Waals surface area (Å²) in [6.45, 7) is 5.12. The zero-order chi connectivity index (χ0) is 29.4. The number of hydrogen-bond acceptors (Lipinski definition) is 9. The number of aromatic nitrogens is 2. The van der Waals surface area contributed by atoms with E-state index in [0.717, 1.165) is 0 Å². The number of ether oxygens (including phenoxy) is 1. The summed E-state index contributed by atoms with van der Waals surface area (Å²) >= 11 is 0. The summed E-state index contributed by atoms with van der Waals surface area (Å²) in [7, 11) is -0.916. The van der Waals surface area contributed by atoms with E-state index in [1.54, 1.807) is 50.2 Å². The molecule has 0 aliphatic heterocycles. The number of aliphatic hydroxyl groups is 1. The van der Waals surface area contributed by atoms with E-state index in [1.807, 2.05) is 0 Å². The molecule has 0 aliphatic rings. The van der Waals surface area contributed by atoms with Gasteiger partial charge in [-0.2, -0.15) is 18.2 Å². The van der Waals surface area contributed by atoms with Crippen LogP contribution in [-0.2, 0) is 20.0 Å². The molecule has 4 unspecified atom stereocenters. The number of halogens is 3. The van der Waals surface area contributed by atoms with E-state index < -0.39 is 49.5 Å². The highest BCUT2D eigenvalue weighted by molar-refractivity contribution is 7.39. The van der Waals surface area contributed by atoms with Crippen LogP contribution in [0.25, 0.3) is 0 Å². The summed E-state index contributed by atoms with van der Waals surface area (Å²) in [6.07, 6.45) is -5.61. The summed E-state index contributed by atoms with van der Waals surface area (Å²) in [5.74, 6) is -2.06. The summed E-state index contributed by atoms with van der Waals surface area (Å²) in [4.78, 5) is 20.0. The van der Waals surface area contributed by atoms with Crippen molar-refractivity contribution < 1.29 is 36.9 Å². The third-order valence-corrected chi connectivity index (χ3v) is 7.03. The van der Waals surface area contributed by atoms with Crippen LogP contribution in [0.2, 0.25) is 0 Å². The second-order valence-corrected chi connectivity index (χ2v) is 9.85. The molecule has 0 spiro atoms. The number of carbonyl (C=O) groups is 1. The van der Waals surface area contributed by atoms with E-state index in [0.29, 0.717) is 17.4 Å². The van der Waals surface area contributed by atoms with Crippen molar-refractivity contribution in [1.82, 2.24) is 15.3 Å². The highest BCUT2D eigenvalue weighted by Gasteiger charge is 2.38. The summed E-state index contributed by atoms with van der Waals surface area (Å²) in [6, 6.07) is 12.5. The molecular formula is C26H30F3N5O5P+. The van der Waals surface area contributed by atoms with Gasteiger partial charge in [0.25, 0.3) is 5.91 Å². The van der Waals surface area contributed by atoms with Crippen molar-refractivity contribution >= 4 is 37.1 Å². The Morgan fingerprint density at radius 1 is 1.10 bits per heavy atom. The van der Waals surface area contributed by atoms with Crippen molar-refractivity contribution in [2.24, 2.45) is 0 Å². The van der Waals surface area contributed by atoms with Crippen molar-refractivity contribution in [1.29, 1.82) is 0 Å². The second-order valence-electron chi connectivity index (χ2n) is 8.59. The fourth-order valence-corrected chi connectivity index (χ4v) is 4.70. The van der Waals surface area contributed by atoms with Gasteiger partial charge in [0, 0.05) is 31.1 Å². The number of nitrogens with one attached hydrogen (secondary N) is 3. The molecule has 0 fully saturated rings. The number of hydrogen-bond donors (Lipinski definition) is 4. The highest BCUT2D eigenvalue weighted by atomic mass is 31.1. The smallest absolute Gasteiger partial charge is 0.391 e. The molecule has 0 saturated heterocycles. The fraction of sp³-hybridized carbons (Fsp3) is 0.346. The molecule has 3 aromatic rings. The minimum Gasteiger partial charge on any atom is -0.391 e. The van der Waals surface area contributed by atoms with Gasteiger partial charge in [0.05, 0.1) is 17.4 Å². The normalized spacial score (nSPS) is 14.2. The Kier molecular flexibility index (Phi) is 10.5. The molecule has 0 aliphatic carbocycles. The Bertz CT molecular complexity index is 1320. The van der Waals surface area contributed by atoms with Crippen LogP contribution < -0.4 is 16.0 Å². The summed E-state index contributed by atoms with van der Waals surface area (Å²) < 4.78 is 64.9. The van der Waals surface area contributed by atoms with E-state index in [-0.39, 0.29) is 23.8 Å². The lowest BCUT2D eigenvalue weighted by molar-refractivity contribution is -0.137. The number of rotatable bonds is 12. The molecule has 1 amide bonds. The Morgan fingerprint density at radius 2 is 1.77 bits per heavy atom. The van der Waals surface area contributed by atoms with Gasteiger partial charge in [-0.15, -0.1) is 4.52 Å². The zero-order valence-corrected chi connectivity index (χ0v) is 23.1. The minimum atomic E-state index is -4.76. The predicted molar refractivity (Wildman–Crippen MR) is 144 cm³/mol. The molecular weight excluding hydrogens is 550 g/mol. The van der Waals surface area contributed by atoms with Crippen LogP contribution in [0.5, 0.6) is 0 Å². The van der Waals surface area contributed by atoms with Crippen molar-refractivity contribution in [3.8, 4) is 0 Å². The lowest BCUT2D eigenvalue weighted by Crippen LogP contribution is -2.20. The maximum atomic E-state index is 13.7. The molecule has 0 radical (unpaired) electrons. The lowest BCUT2D eigenvalue weighted by Gasteiger charge is -2.16. The molecule has 4 atom stereocenters. The van der Waals surface area contributed by atoms with Crippen molar-refractivity contribution in [3.63, 3.8) is 0 Å². The van der Waals surface area contributed by atoms with Gasteiger partial charge in [0.2, 0.25) is 5.95 Å². The number of amides is 1. The van der Waals surface area contributed by atoms with E-state index in [4.69, 9.17) is 9.26 Å². The van der Waals surface area contributed by atoms with Gasteiger partial charge in [-0.25, -0.2) is 4.98 Å². The maximum Gasteiger partial charge on any atom is 0.546 e. The van der Waals surface area contributed by atoms with Crippen LogP contribution in [0.4, 0.5) is 36.3 Å². The number of alkyl halides is 3. The lowest BCUT2D eigenvalue weighted by atomic mass is 10.1. The second kappa shape index (κ2) is 13.6. The molecule has 40 heavy (non-hydrogen) atoms. The average Bonchev–Trinajstić information content (AvgIpc) is 2.91. The third-order valence-electron chi connectivity index (χ3n) is 5.66. The molecule has 2 aromatic carbocycles. The Hall–Kier alpha value is -3.64. The molecule has 1 heterocycles. The SMILES string of the molecule is CCOC(c1ccc(Nc2ncc(C(F)(F)F)c(Nc3ccccc3C(=O)NC)n2)cc1)[P+](=O)OC(C)C(C)O. The van der Waals surface area contributed by atoms with E-state index >= 15 is 0 Å².